The molecular weight excluding hydrogens is 348 g/mol. The van der Waals surface area contributed by atoms with Gasteiger partial charge in [0.2, 0.25) is 5.91 Å². The van der Waals surface area contributed by atoms with Crippen LogP contribution in [0.1, 0.15) is 37.3 Å². The van der Waals surface area contributed by atoms with E-state index in [1.54, 1.807) is 0 Å². The van der Waals surface area contributed by atoms with Crippen molar-refractivity contribution in [3.63, 3.8) is 0 Å². The van der Waals surface area contributed by atoms with E-state index in [9.17, 15) is 4.79 Å². The first-order valence-electron chi connectivity index (χ1n) is 9.90. The van der Waals surface area contributed by atoms with E-state index < -0.39 is 0 Å². The number of hydrogen-bond acceptors (Lipinski definition) is 3. The lowest BCUT2D eigenvalue weighted by Crippen LogP contribution is -2.27. The highest BCUT2D eigenvalue weighted by Crippen LogP contribution is 2.27. The topological polar surface area (TPSA) is 72.1 Å². The van der Waals surface area contributed by atoms with Crippen LogP contribution in [0, 0.1) is 6.92 Å². The molecule has 2 aromatic carbocycles. The minimum atomic E-state index is -0.275. The molecule has 3 rings (SSSR count). The summed E-state index contributed by atoms with van der Waals surface area (Å²) in [6.45, 7) is 5.00. The minimum Gasteiger partial charge on any atom is -0.380 e. The molecule has 1 heterocycles. The summed E-state index contributed by atoms with van der Waals surface area (Å²) in [5.74, 6) is -0.275. The van der Waals surface area contributed by atoms with Crippen LogP contribution in [-0.2, 0) is 18.4 Å². The van der Waals surface area contributed by atoms with E-state index >= 15 is 0 Å². The first-order valence-corrected chi connectivity index (χ1v) is 9.90. The Morgan fingerprint density at radius 2 is 1.89 bits per heavy atom. The fraction of sp³-hybridized carbons (Fsp3) is 0.348. The maximum atomic E-state index is 11.4. The summed E-state index contributed by atoms with van der Waals surface area (Å²) in [7, 11) is 2.08. The van der Waals surface area contributed by atoms with Gasteiger partial charge in [-0.25, -0.2) is 0 Å². The molecule has 148 valence electrons. The van der Waals surface area contributed by atoms with Crippen molar-refractivity contribution < 1.29 is 4.79 Å². The number of amides is 1. The summed E-state index contributed by atoms with van der Waals surface area (Å²) in [5.41, 5.74) is 11.2. The molecule has 1 aromatic heterocycles. The van der Waals surface area contributed by atoms with Crippen molar-refractivity contribution in [2.45, 2.75) is 45.7 Å². The van der Waals surface area contributed by atoms with Crippen LogP contribution in [0.2, 0.25) is 0 Å². The normalized spacial score (nSPS) is 12.1. The molecule has 28 heavy (non-hydrogen) atoms. The number of carbonyl (C=O) groups is 1. The van der Waals surface area contributed by atoms with Gasteiger partial charge in [0, 0.05) is 43.2 Å². The number of nitrogens with two attached hydrogens (primary N) is 1. The number of para-hydroxylation sites is 2. The van der Waals surface area contributed by atoms with Crippen molar-refractivity contribution in [2.24, 2.45) is 12.8 Å². The van der Waals surface area contributed by atoms with E-state index in [0.717, 1.165) is 30.8 Å². The number of nitrogens with one attached hydrogen (secondary N) is 2. The highest BCUT2D eigenvalue weighted by atomic mass is 16.1. The Labute approximate surface area is 166 Å². The van der Waals surface area contributed by atoms with Gasteiger partial charge in [0.15, 0.2) is 0 Å². The monoisotopic (exact) mass is 378 g/mol. The summed E-state index contributed by atoms with van der Waals surface area (Å²) in [5, 5.41) is 8.38. The molecule has 0 aliphatic heterocycles. The molecule has 0 aliphatic rings. The number of aromatic nitrogens is 1. The lowest BCUT2D eigenvalue weighted by molar-refractivity contribution is -0.118. The summed E-state index contributed by atoms with van der Waals surface area (Å²) in [4.78, 5) is 11.4. The molecule has 0 saturated heterocycles. The summed E-state index contributed by atoms with van der Waals surface area (Å²) < 4.78 is 2.17. The van der Waals surface area contributed by atoms with Crippen LogP contribution in [0.4, 0.5) is 11.4 Å². The predicted molar refractivity (Wildman–Crippen MR) is 118 cm³/mol. The third-order valence-corrected chi connectivity index (χ3v) is 5.14. The second-order valence-corrected chi connectivity index (χ2v) is 7.43. The van der Waals surface area contributed by atoms with Crippen LogP contribution in [0.25, 0.3) is 10.9 Å². The molecule has 0 spiro atoms. The smallest absolute Gasteiger partial charge is 0.219 e. The molecule has 5 nitrogen and oxygen atoms in total. The van der Waals surface area contributed by atoms with Gasteiger partial charge in [0.25, 0.3) is 0 Å². The molecular formula is C23H30N4O. The molecule has 1 atom stereocenters. The Morgan fingerprint density at radius 3 is 2.61 bits per heavy atom. The zero-order valence-corrected chi connectivity index (χ0v) is 17.0. The Balaban J connectivity index is 1.80. The van der Waals surface area contributed by atoms with Crippen LogP contribution in [-0.4, -0.2) is 16.5 Å². The van der Waals surface area contributed by atoms with Crippen molar-refractivity contribution in [3.8, 4) is 0 Å². The molecule has 0 radical (unpaired) electrons. The SMILES string of the molecule is CCCC(CC(N)=O)Nc1ccccc1NCc1cn(C)c2cccc(C)c12. The fourth-order valence-electron chi connectivity index (χ4n) is 3.86. The van der Waals surface area contributed by atoms with Gasteiger partial charge in [-0.3, -0.25) is 4.79 Å². The molecule has 0 bridgehead atoms. The lowest BCUT2D eigenvalue weighted by Gasteiger charge is -2.21. The molecule has 1 amide bonds. The molecule has 1 unspecified atom stereocenters. The Hall–Kier alpha value is -2.95. The fourth-order valence-corrected chi connectivity index (χ4v) is 3.86. The average Bonchev–Trinajstić information content (AvgIpc) is 2.98. The van der Waals surface area contributed by atoms with Gasteiger partial charge >= 0.3 is 0 Å². The number of hydrogen-bond donors (Lipinski definition) is 3. The van der Waals surface area contributed by atoms with E-state index in [2.05, 4.69) is 66.6 Å². The number of benzene rings is 2. The predicted octanol–water partition coefficient (Wildman–Crippen LogP) is 4.55. The third-order valence-electron chi connectivity index (χ3n) is 5.14. The lowest BCUT2D eigenvalue weighted by atomic mass is 10.1. The van der Waals surface area contributed by atoms with Crippen molar-refractivity contribution in [1.82, 2.24) is 4.57 Å². The van der Waals surface area contributed by atoms with E-state index in [0.29, 0.717) is 6.42 Å². The van der Waals surface area contributed by atoms with Crippen molar-refractivity contribution in [3.05, 3.63) is 59.8 Å². The first-order chi connectivity index (χ1) is 13.5. The number of fused-ring (bicyclic) bond motifs is 1. The standard InChI is InChI=1S/C23H30N4O/c1-4-8-18(13-22(24)28)26-20-11-6-5-10-19(20)25-14-17-15-27(3)21-12-7-9-16(2)23(17)21/h5-7,9-12,15,18,25-26H,4,8,13-14H2,1-3H3,(H2,24,28). The zero-order chi connectivity index (χ0) is 20.1. The highest BCUT2D eigenvalue weighted by Gasteiger charge is 2.14. The van der Waals surface area contributed by atoms with Gasteiger partial charge in [-0.1, -0.05) is 37.6 Å². The summed E-state index contributed by atoms with van der Waals surface area (Å²) in [6.07, 6.45) is 4.42. The number of primary amides is 1. The van der Waals surface area contributed by atoms with Crippen LogP contribution in [0.5, 0.6) is 0 Å². The average molecular weight is 379 g/mol. The Kier molecular flexibility index (Phi) is 6.24. The number of nitrogens with zero attached hydrogens (tertiary/aromatic N) is 1. The highest BCUT2D eigenvalue weighted by molar-refractivity contribution is 5.87. The van der Waals surface area contributed by atoms with E-state index in [1.165, 1.54) is 22.0 Å². The van der Waals surface area contributed by atoms with E-state index in [-0.39, 0.29) is 11.9 Å². The van der Waals surface area contributed by atoms with Crippen molar-refractivity contribution in [2.75, 3.05) is 10.6 Å². The van der Waals surface area contributed by atoms with Gasteiger partial charge < -0.3 is 20.9 Å². The van der Waals surface area contributed by atoms with Gasteiger partial charge in [0.05, 0.1) is 11.4 Å². The van der Waals surface area contributed by atoms with Crippen LogP contribution in [0.3, 0.4) is 0 Å². The summed E-state index contributed by atoms with van der Waals surface area (Å²) >= 11 is 0. The number of aryl methyl sites for hydroxylation is 2. The van der Waals surface area contributed by atoms with Crippen LogP contribution >= 0.6 is 0 Å². The molecule has 5 heteroatoms. The molecule has 0 aliphatic carbocycles. The van der Waals surface area contributed by atoms with Gasteiger partial charge in [-0.2, -0.15) is 0 Å². The van der Waals surface area contributed by atoms with E-state index in [1.807, 2.05) is 18.2 Å². The maximum Gasteiger partial charge on any atom is 0.219 e. The molecule has 4 N–H and O–H groups in total. The second-order valence-electron chi connectivity index (χ2n) is 7.43. The zero-order valence-electron chi connectivity index (χ0n) is 17.0. The van der Waals surface area contributed by atoms with Gasteiger partial charge in [-0.15, -0.1) is 0 Å². The minimum absolute atomic E-state index is 0.0465. The Bertz CT molecular complexity index is 960. The van der Waals surface area contributed by atoms with Crippen LogP contribution in [0.15, 0.2) is 48.7 Å². The Morgan fingerprint density at radius 1 is 1.14 bits per heavy atom. The van der Waals surface area contributed by atoms with Crippen LogP contribution < -0.4 is 16.4 Å². The van der Waals surface area contributed by atoms with Crippen molar-refractivity contribution in [1.29, 1.82) is 0 Å². The third kappa shape index (κ3) is 4.47. The second kappa shape index (κ2) is 8.83. The van der Waals surface area contributed by atoms with Gasteiger partial charge in [-0.05, 0) is 42.7 Å². The largest absolute Gasteiger partial charge is 0.380 e. The molecule has 0 saturated carbocycles. The molecule has 0 fully saturated rings. The molecule has 3 aromatic rings. The van der Waals surface area contributed by atoms with E-state index in [4.69, 9.17) is 5.73 Å². The quantitative estimate of drug-likeness (QED) is 0.511. The summed E-state index contributed by atoms with van der Waals surface area (Å²) in [6, 6.07) is 14.6. The number of carbonyl (C=O) groups excluding carboxylic acids is 1. The first kappa shape index (κ1) is 19.8. The van der Waals surface area contributed by atoms with Crippen molar-refractivity contribution >= 4 is 28.2 Å². The van der Waals surface area contributed by atoms with Gasteiger partial charge in [0.1, 0.15) is 0 Å². The number of anilines is 2. The maximum absolute atomic E-state index is 11.4. The number of rotatable bonds is 9.